The van der Waals surface area contributed by atoms with Gasteiger partial charge in [-0.15, -0.1) is 19.8 Å². The van der Waals surface area contributed by atoms with Gasteiger partial charge < -0.3 is 15.3 Å². The standard InChI is InChI=1S/3C6H13O.ClSi/c3*1-6(2,3)4-5-7;1-2/h3*4-5H2,1-3H3;/q3*-1;+3. The summed E-state index contributed by atoms with van der Waals surface area (Å²) in [7, 11) is 2.44. The Morgan fingerprint density at radius 3 is 0.652 bits per heavy atom. The molecule has 23 heavy (non-hydrogen) atoms. The van der Waals surface area contributed by atoms with Crippen LogP contribution < -0.4 is 15.3 Å². The molecule has 0 heterocycles. The molecule has 0 aliphatic rings. The third-order valence-corrected chi connectivity index (χ3v) is 2.56. The van der Waals surface area contributed by atoms with Gasteiger partial charge in [0, 0.05) is 0 Å². The Balaban J connectivity index is -0.000000111. The first-order chi connectivity index (χ1) is 10.2. The molecule has 0 atom stereocenters. The van der Waals surface area contributed by atoms with E-state index in [1.54, 1.807) is 0 Å². The molecule has 0 radical (unpaired) electrons. The van der Waals surface area contributed by atoms with Crippen LogP contribution in [-0.4, -0.2) is 29.4 Å². The molecule has 140 valence electrons. The van der Waals surface area contributed by atoms with E-state index < -0.39 is 0 Å². The third kappa shape index (κ3) is 60.6. The van der Waals surface area contributed by atoms with Crippen LogP contribution in [0, 0.1) is 16.2 Å². The fourth-order valence-electron chi connectivity index (χ4n) is 0.919. The summed E-state index contributed by atoms with van der Waals surface area (Å²) in [5.41, 5.74) is 0.714. The zero-order chi connectivity index (χ0) is 19.7. The predicted molar refractivity (Wildman–Crippen MR) is 98.4 cm³/mol. The maximum absolute atomic E-state index is 9.95. The Labute approximate surface area is 154 Å². The predicted octanol–water partition coefficient (Wildman–Crippen LogP) is 2.66. The van der Waals surface area contributed by atoms with E-state index >= 15 is 0 Å². The van der Waals surface area contributed by atoms with Gasteiger partial charge in [0.2, 0.25) is 0 Å². The first kappa shape index (κ1) is 31.2. The van der Waals surface area contributed by atoms with Gasteiger partial charge in [-0.1, -0.05) is 81.6 Å². The Morgan fingerprint density at radius 2 is 0.652 bits per heavy atom. The molecule has 0 aromatic carbocycles. The number of hydrogen-bond donors (Lipinski definition) is 0. The number of halogens is 1. The van der Waals surface area contributed by atoms with Gasteiger partial charge in [-0.25, -0.2) is 0 Å². The fraction of sp³-hybridized carbons (Fsp3) is 1.00. The summed E-state index contributed by atoms with van der Waals surface area (Å²) in [6.07, 6.45) is 2.35. The molecular formula is C18H39ClO3Si. The summed E-state index contributed by atoms with van der Waals surface area (Å²) >= 11 is 4.44. The number of rotatable bonds is 3. The Morgan fingerprint density at radius 1 is 0.522 bits per heavy atom. The molecule has 5 heteroatoms. The molecular weight excluding hydrogens is 328 g/mol. The maximum atomic E-state index is 9.95. The summed E-state index contributed by atoms with van der Waals surface area (Å²) in [6, 6.07) is 0. The van der Waals surface area contributed by atoms with E-state index in [2.05, 4.69) is 82.9 Å². The molecule has 0 fully saturated rings. The second kappa shape index (κ2) is 17.2. The first-order valence-corrected chi connectivity index (χ1v) is 9.63. The van der Waals surface area contributed by atoms with Gasteiger partial charge >= 0.3 is 20.6 Å². The van der Waals surface area contributed by atoms with E-state index in [1.165, 1.54) is 0 Å². The molecule has 0 aliphatic carbocycles. The summed E-state index contributed by atoms with van der Waals surface area (Å²) < 4.78 is 0. The van der Waals surface area contributed by atoms with Crippen molar-refractivity contribution >= 4 is 20.6 Å². The summed E-state index contributed by atoms with van der Waals surface area (Å²) in [5.74, 6) is 0. The van der Waals surface area contributed by atoms with E-state index in [-0.39, 0.29) is 36.1 Å². The summed E-state index contributed by atoms with van der Waals surface area (Å²) in [4.78, 5) is 0. The second-order valence-corrected chi connectivity index (χ2v) is 9.04. The van der Waals surface area contributed by atoms with Crippen molar-refractivity contribution in [2.45, 2.75) is 81.6 Å². The topological polar surface area (TPSA) is 69.2 Å². The minimum absolute atomic E-state index is 0.0590. The summed E-state index contributed by atoms with van der Waals surface area (Å²) in [5, 5.41) is 29.8. The SMILES string of the molecule is CC(C)(C)CC[O-].CC(C)(C)CC[O-].CC(C)(C)CC[O-].[Si+3]Cl. The number of hydrogen-bond acceptors (Lipinski definition) is 3. The van der Waals surface area contributed by atoms with Gasteiger partial charge in [0.15, 0.2) is 0 Å². The van der Waals surface area contributed by atoms with Gasteiger partial charge in [0.05, 0.1) is 0 Å². The van der Waals surface area contributed by atoms with Gasteiger partial charge in [-0.3, -0.25) is 0 Å². The molecule has 0 spiro atoms. The van der Waals surface area contributed by atoms with Crippen molar-refractivity contribution in [2.75, 3.05) is 19.8 Å². The van der Waals surface area contributed by atoms with E-state index in [4.69, 9.17) is 0 Å². The Kier molecular flexibility index (Phi) is 23.3. The van der Waals surface area contributed by atoms with E-state index in [1.807, 2.05) is 0 Å². The first-order valence-electron chi connectivity index (χ1n) is 8.12. The van der Waals surface area contributed by atoms with Gasteiger partial charge in [-0.05, 0) is 16.2 Å². The molecule has 0 aromatic heterocycles. The molecule has 0 bridgehead atoms. The van der Waals surface area contributed by atoms with Crippen LogP contribution in [0.1, 0.15) is 81.6 Å². The van der Waals surface area contributed by atoms with Crippen LogP contribution in [0.25, 0.3) is 0 Å². The summed E-state index contributed by atoms with van der Waals surface area (Å²) in [6.45, 7) is 18.8. The van der Waals surface area contributed by atoms with Crippen molar-refractivity contribution in [3.63, 3.8) is 0 Å². The van der Waals surface area contributed by atoms with E-state index in [9.17, 15) is 15.3 Å². The molecule has 0 aliphatic heterocycles. The van der Waals surface area contributed by atoms with Crippen LogP contribution in [-0.2, 0) is 0 Å². The normalized spacial score (nSPS) is 11.3. The van der Waals surface area contributed by atoms with Crippen LogP contribution in [0.3, 0.4) is 0 Å². The van der Waals surface area contributed by atoms with E-state index in [0.29, 0.717) is 0 Å². The third-order valence-electron chi connectivity index (χ3n) is 2.56. The minimum atomic E-state index is 0.0590. The molecule has 0 unspecified atom stereocenters. The Bertz CT molecular complexity index is 178. The molecule has 0 saturated carbocycles. The van der Waals surface area contributed by atoms with Gasteiger partial charge in [0.1, 0.15) is 0 Å². The zero-order valence-electron chi connectivity index (χ0n) is 16.8. The monoisotopic (exact) mass is 366 g/mol. The molecule has 3 nitrogen and oxygen atoms in total. The van der Waals surface area contributed by atoms with Crippen LogP contribution in [0.15, 0.2) is 0 Å². The van der Waals surface area contributed by atoms with Gasteiger partial charge in [0.25, 0.3) is 0 Å². The van der Waals surface area contributed by atoms with Crippen LogP contribution in [0.5, 0.6) is 0 Å². The average molecular weight is 367 g/mol. The quantitative estimate of drug-likeness (QED) is 0.569. The average Bonchev–Trinajstić information content (AvgIpc) is 2.28. The molecule has 0 amide bonds. The van der Waals surface area contributed by atoms with Gasteiger partial charge in [-0.2, -0.15) is 0 Å². The van der Waals surface area contributed by atoms with Crippen molar-refractivity contribution < 1.29 is 15.3 Å². The molecule has 0 aromatic rings. The van der Waals surface area contributed by atoms with Crippen molar-refractivity contribution in [2.24, 2.45) is 16.2 Å². The fourth-order valence-corrected chi connectivity index (χ4v) is 0.919. The molecule has 0 saturated heterocycles. The van der Waals surface area contributed by atoms with Crippen molar-refractivity contribution in [1.29, 1.82) is 0 Å². The second-order valence-electron chi connectivity index (χ2n) is 9.04. The molecule has 0 N–H and O–H groups in total. The molecule has 0 rings (SSSR count). The zero-order valence-corrected chi connectivity index (χ0v) is 18.6. The van der Waals surface area contributed by atoms with Crippen LogP contribution >= 0.6 is 11.1 Å². The van der Waals surface area contributed by atoms with Crippen molar-refractivity contribution in [3.05, 3.63) is 0 Å². The van der Waals surface area contributed by atoms with E-state index in [0.717, 1.165) is 19.3 Å². The van der Waals surface area contributed by atoms with Crippen LogP contribution in [0.4, 0.5) is 0 Å². The van der Waals surface area contributed by atoms with Crippen molar-refractivity contribution in [3.8, 4) is 0 Å². The van der Waals surface area contributed by atoms with Crippen molar-refractivity contribution in [1.82, 2.24) is 0 Å². The van der Waals surface area contributed by atoms with Crippen LogP contribution in [0.2, 0.25) is 0 Å². The Hall–Kier alpha value is 0.387.